The SMILES string of the molecule is O=C(NN=C(C=Cc1ccccc1)C=Cc1ccccc1)c1cccc(Cl)c1. The van der Waals surface area contributed by atoms with E-state index in [2.05, 4.69) is 10.5 Å². The lowest BCUT2D eigenvalue weighted by Gasteiger charge is -2.02. The fourth-order valence-electron chi connectivity index (χ4n) is 2.43. The van der Waals surface area contributed by atoms with Crippen molar-refractivity contribution in [1.29, 1.82) is 0 Å². The average molecular weight is 387 g/mol. The molecule has 0 unspecified atom stereocenters. The zero-order chi connectivity index (χ0) is 19.6. The first kappa shape index (κ1) is 19.3. The Kier molecular flexibility index (Phi) is 6.94. The summed E-state index contributed by atoms with van der Waals surface area (Å²) in [5.74, 6) is -0.318. The van der Waals surface area contributed by atoms with Gasteiger partial charge in [0.15, 0.2) is 0 Å². The maximum Gasteiger partial charge on any atom is 0.271 e. The third-order valence-corrected chi connectivity index (χ3v) is 4.10. The van der Waals surface area contributed by atoms with Gasteiger partial charge >= 0.3 is 0 Å². The number of hydrazone groups is 1. The summed E-state index contributed by atoms with van der Waals surface area (Å²) in [5.41, 5.74) is 5.75. The van der Waals surface area contributed by atoms with E-state index in [9.17, 15) is 4.79 Å². The second-order valence-electron chi connectivity index (χ2n) is 5.98. The summed E-state index contributed by atoms with van der Waals surface area (Å²) in [6.07, 6.45) is 7.60. The highest BCUT2D eigenvalue weighted by molar-refractivity contribution is 6.31. The highest BCUT2D eigenvalue weighted by Crippen LogP contribution is 2.10. The number of hydrogen-bond acceptors (Lipinski definition) is 2. The van der Waals surface area contributed by atoms with E-state index >= 15 is 0 Å². The van der Waals surface area contributed by atoms with Crippen LogP contribution in [0.15, 0.2) is 102 Å². The van der Waals surface area contributed by atoms with Crippen LogP contribution >= 0.6 is 11.6 Å². The summed E-state index contributed by atoms with van der Waals surface area (Å²) >= 11 is 5.95. The van der Waals surface area contributed by atoms with Crippen molar-refractivity contribution >= 4 is 35.4 Å². The Hall–Kier alpha value is -3.43. The number of nitrogens with one attached hydrogen (secondary N) is 1. The maximum atomic E-state index is 12.3. The molecule has 28 heavy (non-hydrogen) atoms. The molecule has 0 saturated carbocycles. The summed E-state index contributed by atoms with van der Waals surface area (Å²) < 4.78 is 0. The highest BCUT2D eigenvalue weighted by atomic mass is 35.5. The van der Waals surface area contributed by atoms with E-state index < -0.39 is 0 Å². The minimum atomic E-state index is -0.318. The van der Waals surface area contributed by atoms with Crippen LogP contribution in [0.5, 0.6) is 0 Å². The minimum absolute atomic E-state index is 0.318. The Balaban J connectivity index is 1.80. The summed E-state index contributed by atoms with van der Waals surface area (Å²) in [5, 5.41) is 4.76. The first-order valence-corrected chi connectivity index (χ1v) is 9.18. The van der Waals surface area contributed by atoms with Crippen LogP contribution in [0.3, 0.4) is 0 Å². The molecule has 0 aliphatic rings. The molecule has 0 saturated heterocycles. The van der Waals surface area contributed by atoms with Crippen molar-refractivity contribution in [1.82, 2.24) is 5.43 Å². The van der Waals surface area contributed by atoms with Crippen molar-refractivity contribution in [2.45, 2.75) is 0 Å². The van der Waals surface area contributed by atoms with Crippen LogP contribution in [0.2, 0.25) is 5.02 Å². The number of carbonyl (C=O) groups excluding carboxylic acids is 1. The lowest BCUT2D eigenvalue weighted by atomic mass is 10.1. The predicted octanol–water partition coefficient (Wildman–Crippen LogP) is 5.85. The largest absolute Gasteiger partial charge is 0.271 e. The second kappa shape index (κ2) is 10.0. The van der Waals surface area contributed by atoms with E-state index in [4.69, 9.17) is 11.6 Å². The van der Waals surface area contributed by atoms with Gasteiger partial charge in [0, 0.05) is 10.6 Å². The van der Waals surface area contributed by atoms with Gasteiger partial charge in [0.1, 0.15) is 0 Å². The standard InChI is InChI=1S/C24H19ClN2O/c25-22-13-7-12-21(18-22)24(28)27-26-23(16-14-19-8-3-1-4-9-19)17-15-20-10-5-2-6-11-20/h1-18H,(H,27,28). The Morgan fingerprint density at radius 3 is 1.89 bits per heavy atom. The first-order valence-electron chi connectivity index (χ1n) is 8.80. The van der Waals surface area contributed by atoms with E-state index in [0.717, 1.165) is 11.1 Å². The molecule has 0 bridgehead atoms. The molecule has 0 fully saturated rings. The van der Waals surface area contributed by atoms with E-state index in [1.54, 1.807) is 24.3 Å². The summed E-state index contributed by atoms with van der Waals surface area (Å²) in [6, 6.07) is 26.5. The number of amides is 1. The van der Waals surface area contributed by atoms with Gasteiger partial charge in [0.2, 0.25) is 0 Å². The van der Waals surface area contributed by atoms with Crippen LogP contribution in [0.25, 0.3) is 12.2 Å². The molecule has 3 aromatic rings. The molecule has 0 aliphatic heterocycles. The summed E-state index contributed by atoms with van der Waals surface area (Å²) in [4.78, 5) is 12.3. The molecule has 3 aromatic carbocycles. The van der Waals surface area contributed by atoms with E-state index in [-0.39, 0.29) is 5.91 Å². The van der Waals surface area contributed by atoms with Crippen molar-refractivity contribution in [3.8, 4) is 0 Å². The van der Waals surface area contributed by atoms with Crippen molar-refractivity contribution < 1.29 is 4.79 Å². The maximum absolute atomic E-state index is 12.3. The van der Waals surface area contributed by atoms with Gasteiger partial charge in [-0.05, 0) is 41.5 Å². The quantitative estimate of drug-likeness (QED) is 0.419. The molecule has 1 amide bonds. The number of carbonyl (C=O) groups is 1. The van der Waals surface area contributed by atoms with Gasteiger partial charge in [0.25, 0.3) is 5.91 Å². The first-order chi connectivity index (χ1) is 13.7. The van der Waals surface area contributed by atoms with E-state index in [0.29, 0.717) is 16.3 Å². The molecular formula is C24H19ClN2O. The topological polar surface area (TPSA) is 41.5 Å². The number of rotatable bonds is 6. The van der Waals surface area contributed by atoms with Crippen LogP contribution in [0.4, 0.5) is 0 Å². The molecule has 4 heteroatoms. The molecule has 0 heterocycles. The van der Waals surface area contributed by atoms with Gasteiger partial charge in [-0.25, -0.2) is 5.43 Å². The van der Waals surface area contributed by atoms with Gasteiger partial charge in [0.05, 0.1) is 5.71 Å². The molecule has 3 nitrogen and oxygen atoms in total. The third-order valence-electron chi connectivity index (χ3n) is 3.87. The molecular weight excluding hydrogens is 368 g/mol. The Morgan fingerprint density at radius 1 is 0.786 bits per heavy atom. The predicted molar refractivity (Wildman–Crippen MR) is 117 cm³/mol. The Bertz CT molecular complexity index is 958. The monoisotopic (exact) mass is 386 g/mol. The van der Waals surface area contributed by atoms with Gasteiger partial charge in [-0.15, -0.1) is 0 Å². The fourth-order valence-corrected chi connectivity index (χ4v) is 2.62. The molecule has 3 rings (SSSR count). The van der Waals surface area contributed by atoms with E-state index in [1.807, 2.05) is 85.0 Å². The molecule has 0 spiro atoms. The lowest BCUT2D eigenvalue weighted by molar-refractivity contribution is 0.0955. The highest BCUT2D eigenvalue weighted by Gasteiger charge is 2.04. The summed E-state index contributed by atoms with van der Waals surface area (Å²) in [6.45, 7) is 0. The van der Waals surface area contributed by atoms with Crippen LogP contribution < -0.4 is 5.43 Å². The van der Waals surface area contributed by atoms with Crippen molar-refractivity contribution in [3.63, 3.8) is 0 Å². The lowest BCUT2D eigenvalue weighted by Crippen LogP contribution is -2.18. The van der Waals surface area contributed by atoms with E-state index in [1.165, 1.54) is 0 Å². The van der Waals surface area contributed by atoms with Crippen LogP contribution in [0, 0.1) is 0 Å². The number of nitrogens with zero attached hydrogens (tertiary/aromatic N) is 1. The third kappa shape index (κ3) is 6.08. The number of allylic oxidation sites excluding steroid dienone is 2. The van der Waals surface area contributed by atoms with Gasteiger partial charge < -0.3 is 0 Å². The zero-order valence-corrected chi connectivity index (χ0v) is 15.9. The Labute approximate surface area is 169 Å². The van der Waals surface area contributed by atoms with Crippen LogP contribution in [-0.4, -0.2) is 11.6 Å². The number of benzene rings is 3. The number of hydrogen-bond donors (Lipinski definition) is 1. The van der Waals surface area contributed by atoms with Crippen molar-refractivity contribution in [2.24, 2.45) is 5.10 Å². The fraction of sp³-hybridized carbons (Fsp3) is 0. The normalized spacial score (nSPS) is 10.9. The van der Waals surface area contributed by atoms with Crippen LogP contribution in [0.1, 0.15) is 21.5 Å². The van der Waals surface area contributed by atoms with Gasteiger partial charge in [-0.1, -0.05) is 90.5 Å². The van der Waals surface area contributed by atoms with Crippen molar-refractivity contribution in [2.75, 3.05) is 0 Å². The molecule has 0 aromatic heterocycles. The second-order valence-corrected chi connectivity index (χ2v) is 6.41. The van der Waals surface area contributed by atoms with Gasteiger partial charge in [-0.2, -0.15) is 5.10 Å². The molecule has 0 aliphatic carbocycles. The van der Waals surface area contributed by atoms with Gasteiger partial charge in [-0.3, -0.25) is 4.79 Å². The smallest absolute Gasteiger partial charge is 0.267 e. The van der Waals surface area contributed by atoms with Crippen molar-refractivity contribution in [3.05, 3.63) is 119 Å². The molecule has 1 N–H and O–H groups in total. The average Bonchev–Trinajstić information content (AvgIpc) is 2.74. The molecule has 0 radical (unpaired) electrons. The van der Waals surface area contributed by atoms with Crippen LogP contribution in [-0.2, 0) is 0 Å². The number of halogens is 1. The molecule has 138 valence electrons. The Morgan fingerprint density at radius 2 is 1.36 bits per heavy atom. The minimum Gasteiger partial charge on any atom is -0.267 e. The molecule has 0 atom stereocenters. The summed E-state index contributed by atoms with van der Waals surface area (Å²) in [7, 11) is 0. The zero-order valence-electron chi connectivity index (χ0n) is 15.1.